The molecule has 12 atom stereocenters. The summed E-state index contributed by atoms with van der Waals surface area (Å²) in [6.07, 6.45) is -13.6. The monoisotopic (exact) mass is 679 g/mol. The number of ether oxygens (including phenoxy) is 2. The van der Waals surface area contributed by atoms with Crippen molar-refractivity contribution >= 4 is 37.8 Å². The minimum absolute atomic E-state index is 0.00106. The highest BCUT2D eigenvalue weighted by Gasteiger charge is 2.65. The Hall–Kier alpha value is -1.66. The minimum atomic E-state index is -5.63. The van der Waals surface area contributed by atoms with Crippen LogP contribution in [0.2, 0.25) is 0 Å². The van der Waals surface area contributed by atoms with Gasteiger partial charge in [0, 0.05) is 0 Å². The molecule has 0 amide bonds. The lowest BCUT2D eigenvalue weighted by Crippen LogP contribution is -2.61. The largest absolute Gasteiger partial charge is 0.481 e. The molecule has 0 spiro atoms. The van der Waals surface area contributed by atoms with E-state index in [0.717, 1.165) is 23.1 Å². The highest BCUT2D eigenvalue weighted by molar-refractivity contribution is 8.08. The quantitative estimate of drug-likeness (QED) is 0.0805. The molecular formula is C19H28FN5O15P2S. The highest BCUT2D eigenvalue weighted by Crippen LogP contribution is 2.62. The summed E-state index contributed by atoms with van der Waals surface area (Å²) in [5, 5.41) is 74.5. The van der Waals surface area contributed by atoms with Crippen molar-refractivity contribution < 1.29 is 77.3 Å². The number of halogens is 1. The molecule has 4 heterocycles. The summed E-state index contributed by atoms with van der Waals surface area (Å²) >= 11 is 4.62. The first kappa shape index (κ1) is 34.2. The van der Waals surface area contributed by atoms with E-state index in [1.807, 2.05) is 0 Å². The van der Waals surface area contributed by atoms with Crippen LogP contribution < -0.4 is 5.73 Å². The van der Waals surface area contributed by atoms with Crippen molar-refractivity contribution in [1.82, 2.24) is 19.6 Å². The Labute approximate surface area is 245 Å². The predicted octanol–water partition coefficient (Wildman–Crippen LogP) is -3.75. The van der Waals surface area contributed by atoms with Gasteiger partial charge in [-0.05, 0) is 11.8 Å². The molecule has 11 N–H and O–H groups in total. The van der Waals surface area contributed by atoms with E-state index in [1.54, 1.807) is 0 Å². The third-order valence-corrected chi connectivity index (χ3v) is 10.1. The van der Waals surface area contributed by atoms with Gasteiger partial charge in [-0.1, -0.05) is 6.08 Å². The van der Waals surface area contributed by atoms with Crippen LogP contribution in [0.25, 0.3) is 5.65 Å². The number of fused-ring (bicyclic) bond motifs is 1. The second-order valence-corrected chi connectivity index (χ2v) is 13.8. The molecule has 2 aliphatic rings. The van der Waals surface area contributed by atoms with E-state index in [0.29, 0.717) is 0 Å². The van der Waals surface area contributed by atoms with E-state index >= 15 is 4.39 Å². The molecular weight excluding hydrogens is 651 g/mol. The standard InChI is InChI=1S/C19H28FN5O15P2S/c1-2-18(32)13(7-3-22-15-14(21)23-6-24-25(7)15)38-19(20,17(18)31)5-36-42(35,43)40-41(33,34)39-16-11(30)9(28)10(29)12(37-16)8(27)4-26/h2-3,6,8-13,16-17,26-32H,1,4-5H2,(H,33,34)(H,35,43)(H2,21,23,24)/t8-,9?,10?,11?,12?,13-,16?,17-,18-,19+,42?/m0/s1. The summed E-state index contributed by atoms with van der Waals surface area (Å²) in [6.45, 7) is -4.12. The lowest BCUT2D eigenvalue weighted by Gasteiger charge is -2.41. The Balaban J connectivity index is 1.48. The van der Waals surface area contributed by atoms with Gasteiger partial charge in [0.1, 0.15) is 55.2 Å². The van der Waals surface area contributed by atoms with Gasteiger partial charge in [0.05, 0.1) is 18.5 Å². The lowest BCUT2D eigenvalue weighted by molar-refractivity contribution is -0.292. The van der Waals surface area contributed by atoms with Gasteiger partial charge in [0.25, 0.3) is 5.85 Å². The van der Waals surface area contributed by atoms with Crippen LogP contribution in [0.15, 0.2) is 25.2 Å². The molecule has 24 heteroatoms. The SMILES string of the molecule is C=C[C@]1(O)[C@H](c2cnc3c(N)ncnn23)O[C@](F)(COP(O)(=S)OP(=O)(O)OC2OC([C@@H](O)CO)C(O)C(O)C2O)[C@H]1O. The fraction of sp³-hybridized carbons (Fsp3) is 0.632. The molecule has 0 saturated carbocycles. The number of rotatable bonds is 11. The normalized spacial score (nSPS) is 38.4. The first-order valence-corrected chi connectivity index (χ1v) is 16.0. The van der Waals surface area contributed by atoms with Gasteiger partial charge in [0.2, 0.25) is 0 Å². The molecule has 2 aromatic rings. The van der Waals surface area contributed by atoms with E-state index < -0.39 is 88.2 Å². The third kappa shape index (κ3) is 6.52. The number of nitrogens with zero attached hydrogens (tertiary/aromatic N) is 4. The van der Waals surface area contributed by atoms with Crippen LogP contribution in [0.4, 0.5) is 10.2 Å². The van der Waals surface area contributed by atoms with Crippen LogP contribution in [0.1, 0.15) is 11.8 Å². The summed E-state index contributed by atoms with van der Waals surface area (Å²) in [6, 6.07) is 0. The smallest absolute Gasteiger partial charge is 0.394 e. The van der Waals surface area contributed by atoms with Crippen LogP contribution in [-0.4, -0.2) is 133 Å². The second-order valence-electron chi connectivity index (χ2n) is 9.43. The minimum Gasteiger partial charge on any atom is -0.394 e. The fourth-order valence-electron chi connectivity index (χ4n) is 4.36. The average molecular weight is 679 g/mol. The lowest BCUT2D eigenvalue weighted by atomic mass is 9.88. The maximum Gasteiger partial charge on any atom is 0.481 e. The van der Waals surface area contributed by atoms with E-state index in [9.17, 15) is 45.0 Å². The van der Waals surface area contributed by atoms with Crippen LogP contribution in [-0.2, 0) is 39.2 Å². The third-order valence-electron chi connectivity index (χ3n) is 6.57. The number of alkyl halides is 1. The fourth-order valence-corrected chi connectivity index (χ4v) is 7.44. The zero-order valence-corrected chi connectivity index (χ0v) is 24.1. The first-order chi connectivity index (χ1) is 19.9. The van der Waals surface area contributed by atoms with Gasteiger partial charge in [-0.3, -0.25) is 4.52 Å². The van der Waals surface area contributed by atoms with Gasteiger partial charge in [-0.25, -0.2) is 27.7 Å². The maximum atomic E-state index is 15.9. The zero-order chi connectivity index (χ0) is 32.1. The van der Waals surface area contributed by atoms with Crippen LogP contribution in [0, 0.1) is 0 Å². The van der Waals surface area contributed by atoms with Crippen molar-refractivity contribution in [2.45, 2.75) is 60.5 Å². The number of aliphatic hydroxyl groups excluding tert-OH is 6. The number of phosphoric ester groups is 1. The Bertz CT molecular complexity index is 1440. The summed E-state index contributed by atoms with van der Waals surface area (Å²) in [5.74, 6) is -3.47. The first-order valence-electron chi connectivity index (χ1n) is 11.9. The molecule has 0 bridgehead atoms. The summed E-state index contributed by atoms with van der Waals surface area (Å²) < 4.78 is 53.5. The topological polar surface area (TPSA) is 314 Å². The molecule has 2 saturated heterocycles. The second kappa shape index (κ2) is 12.3. The number of anilines is 1. The van der Waals surface area contributed by atoms with Crippen molar-refractivity contribution in [2.24, 2.45) is 0 Å². The summed E-state index contributed by atoms with van der Waals surface area (Å²) in [5.41, 5.74) is 3.03. The molecule has 2 aromatic heterocycles. The molecule has 20 nitrogen and oxygen atoms in total. The van der Waals surface area contributed by atoms with E-state index in [2.05, 4.69) is 42.3 Å². The van der Waals surface area contributed by atoms with Crippen molar-refractivity contribution in [1.29, 1.82) is 0 Å². The van der Waals surface area contributed by atoms with Gasteiger partial charge >= 0.3 is 14.5 Å². The van der Waals surface area contributed by atoms with Crippen LogP contribution in [0.5, 0.6) is 0 Å². The van der Waals surface area contributed by atoms with Crippen LogP contribution >= 0.6 is 14.5 Å². The molecule has 242 valence electrons. The highest BCUT2D eigenvalue weighted by atomic mass is 32.5. The number of aliphatic hydroxyl groups is 7. The van der Waals surface area contributed by atoms with Crippen LogP contribution in [0.3, 0.4) is 0 Å². The molecule has 7 unspecified atom stereocenters. The van der Waals surface area contributed by atoms with Crippen molar-refractivity contribution in [3.63, 3.8) is 0 Å². The molecule has 0 radical (unpaired) electrons. The van der Waals surface area contributed by atoms with Crippen molar-refractivity contribution in [3.05, 3.63) is 30.9 Å². The molecule has 2 aliphatic heterocycles. The van der Waals surface area contributed by atoms with E-state index in [4.69, 9.17) is 24.8 Å². The Morgan fingerprint density at radius 3 is 2.56 bits per heavy atom. The van der Waals surface area contributed by atoms with Crippen molar-refractivity contribution in [3.8, 4) is 0 Å². The molecule has 2 fully saturated rings. The Kier molecular flexibility index (Phi) is 9.76. The zero-order valence-electron chi connectivity index (χ0n) is 21.5. The summed E-state index contributed by atoms with van der Waals surface area (Å²) in [7, 11) is -5.63. The Morgan fingerprint density at radius 1 is 1.26 bits per heavy atom. The molecule has 0 aromatic carbocycles. The number of hydrogen-bond donors (Lipinski definition) is 10. The number of imidazole rings is 1. The molecule has 43 heavy (non-hydrogen) atoms. The average Bonchev–Trinajstić information content (AvgIpc) is 3.46. The van der Waals surface area contributed by atoms with Gasteiger partial charge in [-0.2, -0.15) is 5.10 Å². The van der Waals surface area contributed by atoms with Gasteiger partial charge < -0.3 is 65.3 Å². The van der Waals surface area contributed by atoms with E-state index in [-0.39, 0.29) is 17.2 Å². The Morgan fingerprint density at radius 2 is 1.93 bits per heavy atom. The molecule has 4 rings (SSSR count). The van der Waals surface area contributed by atoms with Gasteiger partial charge in [-0.15, -0.1) is 6.58 Å². The van der Waals surface area contributed by atoms with Gasteiger partial charge in [0.15, 0.2) is 23.9 Å². The number of nitrogens with two attached hydrogens (primary N) is 1. The number of phosphoric acid groups is 1. The predicted molar refractivity (Wildman–Crippen MR) is 138 cm³/mol. The molecule has 0 aliphatic carbocycles. The number of aromatic nitrogens is 4. The number of nitrogen functional groups attached to an aromatic ring is 1. The summed E-state index contributed by atoms with van der Waals surface area (Å²) in [4.78, 5) is 28.2. The van der Waals surface area contributed by atoms with E-state index in [1.165, 1.54) is 0 Å². The maximum absolute atomic E-state index is 15.9. The van der Waals surface area contributed by atoms with Crippen molar-refractivity contribution in [2.75, 3.05) is 18.9 Å². The number of hydrogen-bond acceptors (Lipinski definition) is 18.